The molecule has 2 aliphatic rings. The minimum absolute atomic E-state index is 0.00400. The molecule has 2 aliphatic heterocycles. The van der Waals surface area contributed by atoms with Crippen LogP contribution in [-0.2, 0) is 4.79 Å². The Morgan fingerprint density at radius 2 is 1.95 bits per heavy atom. The van der Waals surface area contributed by atoms with Crippen LogP contribution in [0, 0.1) is 0 Å². The van der Waals surface area contributed by atoms with Gasteiger partial charge < -0.3 is 14.3 Å². The Kier molecular flexibility index (Phi) is 2.80. The Labute approximate surface area is 111 Å². The maximum absolute atomic E-state index is 12.1. The minimum atomic E-state index is -0.110. The second kappa shape index (κ2) is 4.36. The second-order valence-electron chi connectivity index (χ2n) is 5.31. The predicted octanol–water partition coefficient (Wildman–Crippen LogP) is 0.902. The quantitative estimate of drug-likeness (QED) is 0.755. The molecule has 0 aliphatic carbocycles. The van der Waals surface area contributed by atoms with Gasteiger partial charge >= 0.3 is 0 Å². The van der Waals surface area contributed by atoms with E-state index in [-0.39, 0.29) is 23.1 Å². The van der Waals surface area contributed by atoms with Crippen molar-refractivity contribution in [3.8, 4) is 0 Å². The zero-order valence-corrected chi connectivity index (χ0v) is 11.0. The molecule has 0 bridgehead atoms. The van der Waals surface area contributed by atoms with Crippen LogP contribution in [0.3, 0.4) is 0 Å². The standard InChI is InChI=1S/C13H17N3O3/c1-10(17)16-9-5-13(16)3-7-15(8-4-13)12(18)11-2-6-14-19-11/h2,6H,3-5,7-9H2,1H3. The molecule has 3 heterocycles. The van der Waals surface area contributed by atoms with Crippen LogP contribution in [0.25, 0.3) is 0 Å². The predicted molar refractivity (Wildman–Crippen MR) is 66.4 cm³/mol. The van der Waals surface area contributed by atoms with E-state index in [1.165, 1.54) is 6.20 Å². The van der Waals surface area contributed by atoms with Crippen molar-refractivity contribution in [2.24, 2.45) is 0 Å². The van der Waals surface area contributed by atoms with Crippen LogP contribution in [0.4, 0.5) is 0 Å². The smallest absolute Gasteiger partial charge is 0.292 e. The maximum atomic E-state index is 12.1. The van der Waals surface area contributed by atoms with Crippen LogP contribution in [0.15, 0.2) is 16.8 Å². The van der Waals surface area contributed by atoms with Gasteiger partial charge in [-0.1, -0.05) is 5.16 Å². The topological polar surface area (TPSA) is 66.7 Å². The summed E-state index contributed by atoms with van der Waals surface area (Å²) in [5.41, 5.74) is 0.00400. The number of rotatable bonds is 1. The number of nitrogens with zero attached hydrogens (tertiary/aromatic N) is 3. The second-order valence-corrected chi connectivity index (χ2v) is 5.31. The molecule has 0 aromatic carbocycles. The molecule has 2 amide bonds. The molecule has 2 fully saturated rings. The van der Waals surface area contributed by atoms with Gasteiger partial charge in [0, 0.05) is 38.2 Å². The Morgan fingerprint density at radius 3 is 2.42 bits per heavy atom. The van der Waals surface area contributed by atoms with Crippen LogP contribution in [0.2, 0.25) is 0 Å². The lowest BCUT2D eigenvalue weighted by molar-refractivity contribution is -0.148. The Bertz CT molecular complexity index is 489. The third kappa shape index (κ3) is 1.91. The fourth-order valence-corrected chi connectivity index (χ4v) is 3.16. The molecule has 0 atom stereocenters. The summed E-state index contributed by atoms with van der Waals surface area (Å²) in [6, 6.07) is 1.58. The summed E-state index contributed by atoms with van der Waals surface area (Å²) in [5, 5.41) is 3.55. The lowest BCUT2D eigenvalue weighted by atomic mass is 9.76. The molecule has 19 heavy (non-hydrogen) atoms. The van der Waals surface area contributed by atoms with Crippen LogP contribution in [-0.4, -0.2) is 51.9 Å². The highest BCUT2D eigenvalue weighted by Crippen LogP contribution is 2.40. The SMILES string of the molecule is CC(=O)N1CCC12CCN(C(=O)c1ccno1)CC2. The molecule has 2 saturated heterocycles. The number of hydrogen-bond acceptors (Lipinski definition) is 4. The van der Waals surface area contributed by atoms with Gasteiger partial charge in [-0.3, -0.25) is 9.59 Å². The van der Waals surface area contributed by atoms with Crippen molar-refractivity contribution in [2.45, 2.75) is 31.7 Å². The van der Waals surface area contributed by atoms with E-state index in [9.17, 15) is 9.59 Å². The molecule has 6 heteroatoms. The van der Waals surface area contributed by atoms with E-state index >= 15 is 0 Å². The summed E-state index contributed by atoms with van der Waals surface area (Å²) in [7, 11) is 0. The molecule has 0 unspecified atom stereocenters. The van der Waals surface area contributed by atoms with Crippen molar-refractivity contribution in [1.29, 1.82) is 0 Å². The third-order valence-corrected chi connectivity index (χ3v) is 4.38. The third-order valence-electron chi connectivity index (χ3n) is 4.38. The van der Waals surface area contributed by atoms with Crippen molar-refractivity contribution in [2.75, 3.05) is 19.6 Å². The summed E-state index contributed by atoms with van der Waals surface area (Å²) >= 11 is 0. The molecule has 3 rings (SSSR count). The number of carbonyl (C=O) groups excluding carboxylic acids is 2. The minimum Gasteiger partial charge on any atom is -0.351 e. The van der Waals surface area contributed by atoms with Gasteiger partial charge in [-0.25, -0.2) is 0 Å². The summed E-state index contributed by atoms with van der Waals surface area (Å²) in [5.74, 6) is 0.315. The monoisotopic (exact) mass is 263 g/mol. The highest BCUT2D eigenvalue weighted by molar-refractivity contribution is 5.91. The van der Waals surface area contributed by atoms with E-state index in [0.29, 0.717) is 13.1 Å². The van der Waals surface area contributed by atoms with Crippen molar-refractivity contribution in [3.63, 3.8) is 0 Å². The van der Waals surface area contributed by atoms with Crippen LogP contribution in [0.5, 0.6) is 0 Å². The van der Waals surface area contributed by atoms with E-state index in [1.807, 2.05) is 4.90 Å². The molecule has 1 aromatic rings. The summed E-state index contributed by atoms with van der Waals surface area (Å²) in [6.07, 6.45) is 4.23. The summed E-state index contributed by atoms with van der Waals surface area (Å²) in [6.45, 7) is 3.81. The lowest BCUT2D eigenvalue weighted by Crippen LogP contribution is -2.65. The zero-order valence-electron chi connectivity index (χ0n) is 11.0. The molecule has 1 aromatic heterocycles. The molecule has 0 saturated carbocycles. The first-order valence-electron chi connectivity index (χ1n) is 6.61. The van der Waals surface area contributed by atoms with Crippen LogP contribution >= 0.6 is 0 Å². The highest BCUT2D eigenvalue weighted by Gasteiger charge is 2.48. The van der Waals surface area contributed by atoms with Crippen LogP contribution < -0.4 is 0 Å². The van der Waals surface area contributed by atoms with E-state index in [4.69, 9.17) is 4.52 Å². The van der Waals surface area contributed by atoms with Gasteiger partial charge in [0.1, 0.15) is 0 Å². The number of hydrogen-bond donors (Lipinski definition) is 0. The fourth-order valence-electron chi connectivity index (χ4n) is 3.16. The van der Waals surface area contributed by atoms with Gasteiger partial charge in [0.25, 0.3) is 5.91 Å². The van der Waals surface area contributed by atoms with Crippen LogP contribution in [0.1, 0.15) is 36.7 Å². The van der Waals surface area contributed by atoms with Gasteiger partial charge in [-0.15, -0.1) is 0 Å². The largest absolute Gasteiger partial charge is 0.351 e. The Morgan fingerprint density at radius 1 is 1.26 bits per heavy atom. The lowest BCUT2D eigenvalue weighted by Gasteiger charge is -2.56. The van der Waals surface area contributed by atoms with Crippen molar-refractivity contribution >= 4 is 11.8 Å². The normalized spacial score (nSPS) is 21.3. The average molecular weight is 263 g/mol. The van der Waals surface area contributed by atoms with Gasteiger partial charge in [0.15, 0.2) is 0 Å². The highest BCUT2D eigenvalue weighted by atomic mass is 16.5. The van der Waals surface area contributed by atoms with Gasteiger partial charge in [-0.05, 0) is 19.3 Å². The molecular weight excluding hydrogens is 246 g/mol. The molecule has 1 spiro atoms. The number of likely N-dealkylation sites (tertiary alicyclic amines) is 2. The number of carbonyl (C=O) groups is 2. The van der Waals surface area contributed by atoms with Crippen molar-refractivity contribution < 1.29 is 14.1 Å². The molecule has 102 valence electrons. The Hall–Kier alpha value is -1.85. The molecule has 0 radical (unpaired) electrons. The first-order valence-corrected chi connectivity index (χ1v) is 6.61. The first-order chi connectivity index (χ1) is 9.12. The molecular formula is C13H17N3O3. The summed E-state index contributed by atoms with van der Waals surface area (Å²) < 4.78 is 4.89. The molecule has 0 N–H and O–H groups in total. The van der Waals surface area contributed by atoms with E-state index in [2.05, 4.69) is 5.16 Å². The van der Waals surface area contributed by atoms with E-state index in [1.54, 1.807) is 17.9 Å². The van der Waals surface area contributed by atoms with Crippen molar-refractivity contribution in [3.05, 3.63) is 18.0 Å². The first kappa shape index (κ1) is 12.2. The van der Waals surface area contributed by atoms with Gasteiger partial charge in [0.05, 0.1) is 6.20 Å². The fraction of sp³-hybridized carbons (Fsp3) is 0.615. The van der Waals surface area contributed by atoms with E-state index < -0.39 is 0 Å². The Balaban J connectivity index is 1.64. The summed E-state index contributed by atoms with van der Waals surface area (Å²) in [4.78, 5) is 27.4. The van der Waals surface area contributed by atoms with Gasteiger partial charge in [-0.2, -0.15) is 0 Å². The average Bonchev–Trinajstić information content (AvgIpc) is 2.90. The molecule has 6 nitrogen and oxygen atoms in total. The van der Waals surface area contributed by atoms with Gasteiger partial charge in [0.2, 0.25) is 11.7 Å². The maximum Gasteiger partial charge on any atom is 0.292 e. The number of piperidine rings is 1. The van der Waals surface area contributed by atoms with E-state index in [0.717, 1.165) is 25.8 Å². The zero-order chi connectivity index (χ0) is 13.5. The van der Waals surface area contributed by atoms with Crippen molar-refractivity contribution in [1.82, 2.24) is 15.0 Å². The number of aromatic nitrogens is 1. The number of amides is 2.